The van der Waals surface area contributed by atoms with E-state index in [1.807, 2.05) is 0 Å². The van der Waals surface area contributed by atoms with Crippen LogP contribution >= 0.6 is 8.25 Å². The van der Waals surface area contributed by atoms with E-state index in [4.69, 9.17) is 18.9 Å². The van der Waals surface area contributed by atoms with Crippen molar-refractivity contribution in [2.45, 2.75) is 31.5 Å². The Labute approximate surface area is 125 Å². The minimum Gasteiger partial charge on any atom is -0.391 e. The van der Waals surface area contributed by atoms with Crippen LogP contribution in [-0.2, 0) is 18.6 Å². The lowest BCUT2D eigenvalue weighted by Gasteiger charge is -2.29. The number of aliphatic hydroxyl groups is 1. The molecule has 0 spiro atoms. The highest BCUT2D eigenvalue weighted by Crippen LogP contribution is 2.41. The van der Waals surface area contributed by atoms with Gasteiger partial charge < -0.3 is 24.0 Å². The third kappa shape index (κ3) is 3.07. The standard InChI is InChI=1S/C11H17N2O8P/c1-6-4-13(10(16)12-9(6)15)8-3-7(21-22(17)18)11(5-14,19-2)20-8/h4,7-8,14,22H,3,5H2,1-2H3,(H,17,18)(H,12,15,16)/t7-,8-,11-/m1/s1. The maximum Gasteiger partial charge on any atom is 0.330 e. The van der Waals surface area contributed by atoms with Crippen LogP contribution in [0.4, 0.5) is 0 Å². The molecule has 1 aliphatic heterocycles. The summed E-state index contributed by atoms with van der Waals surface area (Å²) < 4.78 is 27.5. The summed E-state index contributed by atoms with van der Waals surface area (Å²) in [6.07, 6.45) is -0.699. The van der Waals surface area contributed by atoms with Gasteiger partial charge >= 0.3 is 13.9 Å². The molecule has 1 unspecified atom stereocenters. The topological polar surface area (TPSA) is 140 Å². The zero-order chi connectivity index (χ0) is 16.5. The molecule has 0 radical (unpaired) electrons. The molecule has 4 atom stereocenters. The van der Waals surface area contributed by atoms with Crippen molar-refractivity contribution in [3.63, 3.8) is 0 Å². The molecule has 2 heterocycles. The summed E-state index contributed by atoms with van der Waals surface area (Å²) in [6.45, 7) is 0.872. The number of aliphatic hydroxyl groups excluding tert-OH is 1. The summed E-state index contributed by atoms with van der Waals surface area (Å²) in [5, 5.41) is 9.48. The molecule has 0 bridgehead atoms. The van der Waals surface area contributed by atoms with Gasteiger partial charge in [0.15, 0.2) is 0 Å². The van der Waals surface area contributed by atoms with E-state index in [0.717, 1.165) is 4.57 Å². The first-order valence-electron chi connectivity index (χ1n) is 6.38. The summed E-state index contributed by atoms with van der Waals surface area (Å²) in [6, 6.07) is 0. The van der Waals surface area contributed by atoms with Gasteiger partial charge in [-0.3, -0.25) is 18.9 Å². The largest absolute Gasteiger partial charge is 0.391 e. The molecule has 124 valence electrons. The molecular formula is C11H17N2O8P. The van der Waals surface area contributed by atoms with Crippen LogP contribution in [0.3, 0.4) is 0 Å². The Morgan fingerprint density at radius 2 is 2.27 bits per heavy atom. The van der Waals surface area contributed by atoms with Crippen molar-refractivity contribution < 1.29 is 28.6 Å². The van der Waals surface area contributed by atoms with Gasteiger partial charge in [-0.25, -0.2) is 4.79 Å². The quantitative estimate of drug-likeness (QED) is 0.574. The average Bonchev–Trinajstić information content (AvgIpc) is 2.81. The van der Waals surface area contributed by atoms with E-state index in [-0.39, 0.29) is 12.0 Å². The molecule has 0 amide bonds. The highest BCUT2D eigenvalue weighted by molar-refractivity contribution is 7.32. The minimum absolute atomic E-state index is 0.0171. The molecule has 0 aromatic carbocycles. The number of hydrogen-bond acceptors (Lipinski definition) is 7. The highest BCUT2D eigenvalue weighted by Gasteiger charge is 2.51. The fourth-order valence-electron chi connectivity index (χ4n) is 2.33. The summed E-state index contributed by atoms with van der Waals surface area (Å²) in [7, 11) is -2.06. The van der Waals surface area contributed by atoms with E-state index < -0.39 is 44.2 Å². The van der Waals surface area contributed by atoms with E-state index in [1.165, 1.54) is 20.2 Å². The highest BCUT2D eigenvalue weighted by atomic mass is 31.1. The molecule has 1 aromatic heterocycles. The third-order valence-electron chi connectivity index (χ3n) is 3.51. The number of aryl methyl sites for hydroxylation is 1. The van der Waals surface area contributed by atoms with Crippen LogP contribution in [0.1, 0.15) is 18.2 Å². The second kappa shape index (κ2) is 6.45. The second-order valence-corrected chi connectivity index (χ2v) is 5.60. The lowest BCUT2D eigenvalue weighted by atomic mass is 10.1. The molecule has 22 heavy (non-hydrogen) atoms. The van der Waals surface area contributed by atoms with Gasteiger partial charge in [0.1, 0.15) is 12.3 Å². The Bertz CT molecular complexity index is 679. The van der Waals surface area contributed by atoms with Crippen molar-refractivity contribution in [2.75, 3.05) is 13.7 Å². The number of nitrogens with zero attached hydrogens (tertiary/aromatic N) is 1. The molecule has 1 fully saturated rings. The molecule has 1 aromatic rings. The van der Waals surface area contributed by atoms with E-state index in [1.54, 1.807) is 0 Å². The van der Waals surface area contributed by atoms with E-state index in [9.17, 15) is 19.3 Å². The summed E-state index contributed by atoms with van der Waals surface area (Å²) >= 11 is 0. The maximum atomic E-state index is 11.9. The summed E-state index contributed by atoms with van der Waals surface area (Å²) in [5.74, 6) is -1.67. The first-order valence-corrected chi connectivity index (χ1v) is 7.65. The van der Waals surface area contributed by atoms with Crippen LogP contribution in [0.5, 0.6) is 0 Å². The van der Waals surface area contributed by atoms with Gasteiger partial charge in [0.05, 0.1) is 6.61 Å². The van der Waals surface area contributed by atoms with Crippen molar-refractivity contribution in [3.8, 4) is 0 Å². The molecule has 11 heteroatoms. The van der Waals surface area contributed by atoms with Crippen LogP contribution < -0.4 is 11.2 Å². The molecule has 3 N–H and O–H groups in total. The Hall–Kier alpha value is -1.29. The predicted octanol–water partition coefficient (Wildman–Crippen LogP) is -1.13. The fraction of sp³-hybridized carbons (Fsp3) is 0.636. The number of H-pyrrole nitrogens is 1. The fourth-order valence-corrected chi connectivity index (χ4v) is 2.85. The van der Waals surface area contributed by atoms with Gasteiger partial charge in [-0.05, 0) is 6.92 Å². The van der Waals surface area contributed by atoms with Crippen molar-refractivity contribution >= 4 is 8.25 Å². The van der Waals surface area contributed by atoms with Crippen LogP contribution in [0.25, 0.3) is 0 Å². The van der Waals surface area contributed by atoms with Crippen LogP contribution in [0.2, 0.25) is 0 Å². The van der Waals surface area contributed by atoms with Gasteiger partial charge in [0, 0.05) is 25.3 Å². The minimum atomic E-state index is -3.30. The molecule has 0 saturated carbocycles. The lowest BCUT2D eigenvalue weighted by Crippen LogP contribution is -2.45. The van der Waals surface area contributed by atoms with Crippen LogP contribution in [0.15, 0.2) is 15.8 Å². The van der Waals surface area contributed by atoms with Crippen LogP contribution in [0, 0.1) is 6.92 Å². The van der Waals surface area contributed by atoms with Crippen molar-refractivity contribution in [3.05, 3.63) is 32.6 Å². The smallest absolute Gasteiger partial charge is 0.330 e. The Morgan fingerprint density at radius 3 is 2.82 bits per heavy atom. The Morgan fingerprint density at radius 1 is 1.59 bits per heavy atom. The lowest BCUT2D eigenvalue weighted by molar-refractivity contribution is -0.266. The van der Waals surface area contributed by atoms with Crippen molar-refractivity contribution in [1.29, 1.82) is 0 Å². The summed E-state index contributed by atoms with van der Waals surface area (Å²) in [4.78, 5) is 34.3. The van der Waals surface area contributed by atoms with Crippen molar-refractivity contribution in [1.82, 2.24) is 9.55 Å². The molecule has 2 rings (SSSR count). The molecular weight excluding hydrogens is 319 g/mol. The van der Waals surface area contributed by atoms with Gasteiger partial charge in [-0.1, -0.05) is 0 Å². The molecule has 10 nitrogen and oxygen atoms in total. The number of aromatic nitrogens is 2. The van der Waals surface area contributed by atoms with Crippen LogP contribution in [-0.4, -0.2) is 45.2 Å². The summed E-state index contributed by atoms with van der Waals surface area (Å²) in [5.41, 5.74) is -0.941. The number of rotatable bonds is 5. The Balaban J connectivity index is 2.39. The monoisotopic (exact) mass is 336 g/mol. The van der Waals surface area contributed by atoms with E-state index in [0.29, 0.717) is 0 Å². The van der Waals surface area contributed by atoms with Gasteiger partial charge in [-0.2, -0.15) is 0 Å². The molecule has 0 aliphatic carbocycles. The number of ether oxygens (including phenoxy) is 2. The van der Waals surface area contributed by atoms with E-state index in [2.05, 4.69) is 4.98 Å². The van der Waals surface area contributed by atoms with Gasteiger partial charge in [0.25, 0.3) is 5.56 Å². The van der Waals surface area contributed by atoms with E-state index >= 15 is 0 Å². The SMILES string of the molecule is CO[C@]1(CO)O[C@@H](n2cc(C)c(=O)[nH]c2=O)C[C@H]1O[PH](=O)O. The predicted molar refractivity (Wildman–Crippen MR) is 73.7 cm³/mol. The second-order valence-electron chi connectivity index (χ2n) is 4.83. The average molecular weight is 336 g/mol. The number of nitrogens with one attached hydrogen (secondary N) is 1. The normalized spacial score (nSPS) is 29.6. The first-order chi connectivity index (χ1) is 10.3. The van der Waals surface area contributed by atoms with Gasteiger partial charge in [-0.15, -0.1) is 0 Å². The zero-order valence-electron chi connectivity index (χ0n) is 11.9. The Kier molecular flexibility index (Phi) is 5.00. The number of hydrogen-bond donors (Lipinski definition) is 3. The number of methoxy groups -OCH3 is 1. The first kappa shape index (κ1) is 17.1. The molecule has 1 aliphatic rings. The molecule has 1 saturated heterocycles. The zero-order valence-corrected chi connectivity index (χ0v) is 12.9. The third-order valence-corrected chi connectivity index (χ3v) is 3.99. The van der Waals surface area contributed by atoms with Crippen molar-refractivity contribution in [2.24, 2.45) is 0 Å². The van der Waals surface area contributed by atoms with Gasteiger partial charge in [0.2, 0.25) is 5.79 Å². The number of aromatic amines is 1. The maximum absolute atomic E-state index is 11.9.